The number of hydrogen-bond acceptors (Lipinski definition) is 4. The molecule has 1 unspecified atom stereocenters. The number of hydrogen-bond donors (Lipinski definition) is 2. The van der Waals surface area contributed by atoms with Crippen LogP contribution in [-0.2, 0) is 11.3 Å². The van der Waals surface area contributed by atoms with Crippen LogP contribution in [0.5, 0.6) is 0 Å². The van der Waals surface area contributed by atoms with E-state index in [0.717, 1.165) is 32.2 Å². The van der Waals surface area contributed by atoms with Crippen molar-refractivity contribution in [2.75, 3.05) is 0 Å². The van der Waals surface area contributed by atoms with Crippen LogP contribution >= 0.6 is 0 Å². The number of aliphatic hydroxyl groups excluding tert-OH is 1. The fraction of sp³-hybridized carbons (Fsp3) is 0.833. The lowest BCUT2D eigenvalue weighted by Crippen LogP contribution is -2.54. The summed E-state index contributed by atoms with van der Waals surface area (Å²) in [7, 11) is 0. The fourth-order valence-corrected chi connectivity index (χ4v) is 4.63. The van der Waals surface area contributed by atoms with Crippen molar-refractivity contribution in [3.05, 3.63) is 18.5 Å². The maximum Gasteiger partial charge on any atom is 0.0696 e. The Kier molecular flexibility index (Phi) is 4.55. The van der Waals surface area contributed by atoms with Gasteiger partial charge in [-0.05, 0) is 65.4 Å². The second-order valence-electron chi connectivity index (χ2n) is 8.63. The molecule has 23 heavy (non-hydrogen) atoms. The standard InChI is InChI=1S/C18H31N3O2/c1-17(2)10-14(11-18(3,4)23-17)20-15-8-13(9-16(15)22)12-21-7-5-6-19-21/h5-7,13-16,20,22H,8-12H2,1-4H3/t13?,15-,16-/m1/s1. The molecule has 0 amide bonds. The molecule has 5 nitrogen and oxygen atoms in total. The third-order valence-corrected chi connectivity index (χ3v) is 5.11. The van der Waals surface area contributed by atoms with Gasteiger partial charge >= 0.3 is 0 Å². The quantitative estimate of drug-likeness (QED) is 0.894. The zero-order chi connectivity index (χ0) is 16.7. The first-order chi connectivity index (χ1) is 10.7. The van der Waals surface area contributed by atoms with Crippen LogP contribution in [0.1, 0.15) is 53.4 Å². The van der Waals surface area contributed by atoms with Gasteiger partial charge in [0.15, 0.2) is 0 Å². The molecule has 0 aromatic carbocycles. The lowest BCUT2D eigenvalue weighted by molar-refractivity contribution is -0.165. The van der Waals surface area contributed by atoms with Gasteiger partial charge in [0.1, 0.15) is 0 Å². The highest BCUT2D eigenvalue weighted by molar-refractivity contribution is 4.96. The highest BCUT2D eigenvalue weighted by Crippen LogP contribution is 2.36. The molecule has 2 heterocycles. The Morgan fingerprint density at radius 3 is 2.52 bits per heavy atom. The summed E-state index contributed by atoms with van der Waals surface area (Å²) < 4.78 is 8.13. The van der Waals surface area contributed by atoms with Crippen LogP contribution in [0.3, 0.4) is 0 Å². The number of nitrogens with one attached hydrogen (secondary N) is 1. The molecule has 0 spiro atoms. The van der Waals surface area contributed by atoms with E-state index in [-0.39, 0.29) is 23.3 Å². The molecule has 1 saturated heterocycles. The van der Waals surface area contributed by atoms with Gasteiger partial charge < -0.3 is 15.2 Å². The zero-order valence-corrected chi connectivity index (χ0v) is 14.8. The Morgan fingerprint density at radius 1 is 1.22 bits per heavy atom. The molecular formula is C18H31N3O2. The van der Waals surface area contributed by atoms with Crippen molar-refractivity contribution in [2.24, 2.45) is 5.92 Å². The van der Waals surface area contributed by atoms with E-state index in [2.05, 4.69) is 38.1 Å². The van der Waals surface area contributed by atoms with Crippen molar-refractivity contribution in [3.8, 4) is 0 Å². The maximum atomic E-state index is 10.5. The first-order valence-corrected chi connectivity index (χ1v) is 8.84. The van der Waals surface area contributed by atoms with Crippen molar-refractivity contribution in [1.29, 1.82) is 0 Å². The molecule has 2 N–H and O–H groups in total. The Balaban J connectivity index is 1.57. The molecule has 5 heteroatoms. The number of aliphatic hydroxyl groups is 1. The average Bonchev–Trinajstić information content (AvgIpc) is 2.97. The van der Waals surface area contributed by atoms with Gasteiger partial charge in [-0.3, -0.25) is 4.68 Å². The lowest BCUT2D eigenvalue weighted by Gasteiger charge is -2.46. The number of ether oxygens (including phenoxy) is 1. The maximum absolute atomic E-state index is 10.5. The van der Waals surface area contributed by atoms with Crippen molar-refractivity contribution in [1.82, 2.24) is 15.1 Å². The Labute approximate surface area is 139 Å². The summed E-state index contributed by atoms with van der Waals surface area (Å²) in [6, 6.07) is 2.54. The summed E-state index contributed by atoms with van der Waals surface area (Å²) >= 11 is 0. The molecule has 1 aromatic rings. The number of aromatic nitrogens is 2. The average molecular weight is 321 g/mol. The first kappa shape index (κ1) is 16.9. The van der Waals surface area contributed by atoms with E-state index >= 15 is 0 Å². The number of rotatable bonds is 4. The van der Waals surface area contributed by atoms with Crippen LogP contribution in [-0.4, -0.2) is 44.3 Å². The van der Waals surface area contributed by atoms with Gasteiger partial charge in [0.05, 0.1) is 17.3 Å². The van der Waals surface area contributed by atoms with Gasteiger partial charge in [0.25, 0.3) is 0 Å². The predicted octanol–water partition coefficient (Wildman–Crippen LogP) is 2.35. The van der Waals surface area contributed by atoms with Crippen LogP contribution < -0.4 is 5.32 Å². The molecule has 3 rings (SSSR count). The summed E-state index contributed by atoms with van der Waals surface area (Å²) in [5.41, 5.74) is -0.227. The molecule has 2 aliphatic rings. The molecule has 1 aromatic heterocycles. The van der Waals surface area contributed by atoms with Gasteiger partial charge in [0.2, 0.25) is 0 Å². The second kappa shape index (κ2) is 6.19. The van der Waals surface area contributed by atoms with Crippen molar-refractivity contribution < 1.29 is 9.84 Å². The summed E-state index contributed by atoms with van der Waals surface area (Å²) in [6.07, 6.45) is 7.40. The van der Waals surface area contributed by atoms with Crippen molar-refractivity contribution in [3.63, 3.8) is 0 Å². The highest BCUT2D eigenvalue weighted by Gasteiger charge is 2.42. The zero-order valence-electron chi connectivity index (χ0n) is 14.8. The van der Waals surface area contributed by atoms with Gasteiger partial charge in [-0.1, -0.05) is 0 Å². The lowest BCUT2D eigenvalue weighted by atomic mass is 9.85. The minimum absolute atomic E-state index is 0.114. The van der Waals surface area contributed by atoms with E-state index in [9.17, 15) is 5.11 Å². The van der Waals surface area contributed by atoms with Crippen LogP contribution in [0, 0.1) is 5.92 Å². The van der Waals surface area contributed by atoms with Gasteiger partial charge in [-0.15, -0.1) is 0 Å². The minimum Gasteiger partial charge on any atom is -0.391 e. The largest absolute Gasteiger partial charge is 0.391 e. The number of nitrogens with zero attached hydrogens (tertiary/aromatic N) is 2. The summed E-state index contributed by atoms with van der Waals surface area (Å²) in [5, 5.41) is 18.5. The SMILES string of the molecule is CC1(C)CC(N[C@@H]2CC(Cn3cccn3)C[C@H]2O)CC(C)(C)O1. The van der Waals surface area contributed by atoms with Gasteiger partial charge in [-0.25, -0.2) is 0 Å². The molecule has 3 atom stereocenters. The molecule has 130 valence electrons. The van der Waals surface area contributed by atoms with E-state index < -0.39 is 0 Å². The topological polar surface area (TPSA) is 59.3 Å². The molecule has 1 aliphatic carbocycles. The Morgan fingerprint density at radius 2 is 1.91 bits per heavy atom. The molecule has 1 saturated carbocycles. The molecule has 0 bridgehead atoms. The first-order valence-electron chi connectivity index (χ1n) is 8.84. The second-order valence-corrected chi connectivity index (χ2v) is 8.63. The summed E-state index contributed by atoms with van der Waals surface area (Å²) in [4.78, 5) is 0. The van der Waals surface area contributed by atoms with E-state index in [1.165, 1.54) is 0 Å². The Hall–Kier alpha value is -0.910. The smallest absolute Gasteiger partial charge is 0.0696 e. The molecule has 0 radical (unpaired) electrons. The normalized spacial score (nSPS) is 33.9. The fourth-order valence-electron chi connectivity index (χ4n) is 4.63. The summed E-state index contributed by atoms with van der Waals surface area (Å²) in [5.74, 6) is 0.489. The Bertz CT molecular complexity index is 496. The third-order valence-electron chi connectivity index (χ3n) is 5.11. The minimum atomic E-state index is -0.260. The summed E-state index contributed by atoms with van der Waals surface area (Å²) in [6.45, 7) is 9.54. The highest BCUT2D eigenvalue weighted by atomic mass is 16.5. The molecule has 1 aliphatic heterocycles. The predicted molar refractivity (Wildman–Crippen MR) is 90.1 cm³/mol. The van der Waals surface area contributed by atoms with E-state index in [1.807, 2.05) is 23.1 Å². The van der Waals surface area contributed by atoms with Crippen molar-refractivity contribution in [2.45, 2.75) is 89.3 Å². The van der Waals surface area contributed by atoms with Gasteiger partial charge in [-0.2, -0.15) is 5.10 Å². The van der Waals surface area contributed by atoms with Gasteiger partial charge in [0, 0.05) is 31.0 Å². The third kappa shape index (κ3) is 4.34. The van der Waals surface area contributed by atoms with E-state index in [0.29, 0.717) is 12.0 Å². The van der Waals surface area contributed by atoms with Crippen LogP contribution in [0.2, 0.25) is 0 Å². The van der Waals surface area contributed by atoms with Crippen LogP contribution in [0.25, 0.3) is 0 Å². The van der Waals surface area contributed by atoms with E-state index in [1.54, 1.807) is 0 Å². The van der Waals surface area contributed by atoms with Crippen LogP contribution in [0.15, 0.2) is 18.5 Å². The van der Waals surface area contributed by atoms with Crippen molar-refractivity contribution >= 4 is 0 Å². The van der Waals surface area contributed by atoms with Crippen LogP contribution in [0.4, 0.5) is 0 Å². The monoisotopic (exact) mass is 321 g/mol. The molecular weight excluding hydrogens is 290 g/mol. The van der Waals surface area contributed by atoms with E-state index in [4.69, 9.17) is 4.74 Å². The molecule has 2 fully saturated rings.